The Morgan fingerprint density at radius 3 is 2.13 bits per heavy atom. The van der Waals surface area contributed by atoms with Crippen LogP contribution in [0, 0.1) is 17.8 Å². The molecule has 23 heavy (non-hydrogen) atoms. The van der Waals surface area contributed by atoms with Crippen molar-refractivity contribution in [2.45, 2.75) is 52.7 Å². The predicted molar refractivity (Wildman–Crippen MR) is 75.3 cm³/mol. The molecule has 1 saturated carbocycles. The minimum atomic E-state index is -0.994. The molecule has 1 N–H and O–H groups in total. The van der Waals surface area contributed by atoms with Gasteiger partial charge in [0, 0.05) is 19.4 Å². The Labute approximate surface area is 158 Å². The third-order valence-electron chi connectivity index (χ3n) is 3.74. The molecule has 0 radical (unpaired) electrons. The van der Waals surface area contributed by atoms with Gasteiger partial charge < -0.3 is 24.7 Å². The number of carboxylic acid groups (broad SMARTS) is 1. The first kappa shape index (κ1) is 22.2. The zero-order valence-corrected chi connectivity index (χ0v) is 16.3. The molecule has 1 rings (SSSR count). The summed E-state index contributed by atoms with van der Waals surface area (Å²) >= 11 is 0. The fourth-order valence-electron chi connectivity index (χ4n) is 2.35. The minimum Gasteiger partial charge on any atom is -0.550 e. The number of carbonyl (C=O) groups is 3. The topological polar surface area (TPSA) is 105 Å². The number of hydrogen-bond acceptors (Lipinski definition) is 6. The van der Waals surface area contributed by atoms with Crippen LogP contribution in [0.5, 0.6) is 0 Å². The van der Waals surface area contributed by atoms with E-state index in [1.54, 1.807) is 13.8 Å². The molecule has 126 valence electrons. The van der Waals surface area contributed by atoms with E-state index in [1.807, 2.05) is 0 Å². The Morgan fingerprint density at radius 2 is 1.65 bits per heavy atom. The first-order chi connectivity index (χ1) is 10.3. The van der Waals surface area contributed by atoms with Crippen molar-refractivity contribution >= 4 is 18.0 Å². The standard InChI is InChI=1S/C15H25NO6.Na/c1-9(2)14(19)21-10(3)22-15(20)16-8-11-4-6-12(7-5-11)13(17)18;/h9-12H,4-8H2,1-3H3,(H,16,20)(H,17,18);/q;+1/p-1. The normalized spacial score (nSPS) is 21.7. The quantitative estimate of drug-likeness (QED) is 0.336. The van der Waals surface area contributed by atoms with Crippen LogP contribution in [-0.4, -0.2) is 30.9 Å². The van der Waals surface area contributed by atoms with E-state index in [2.05, 4.69) is 5.32 Å². The summed E-state index contributed by atoms with van der Waals surface area (Å²) in [4.78, 5) is 33.7. The summed E-state index contributed by atoms with van der Waals surface area (Å²) in [7, 11) is 0. The Morgan fingerprint density at radius 1 is 1.09 bits per heavy atom. The third-order valence-corrected chi connectivity index (χ3v) is 3.74. The number of esters is 1. The number of carbonyl (C=O) groups excluding carboxylic acids is 3. The average Bonchev–Trinajstić information content (AvgIpc) is 2.45. The first-order valence-corrected chi connectivity index (χ1v) is 7.65. The summed E-state index contributed by atoms with van der Waals surface area (Å²) in [5, 5.41) is 13.4. The van der Waals surface area contributed by atoms with Gasteiger partial charge in [-0.3, -0.25) is 4.79 Å². The maximum absolute atomic E-state index is 11.6. The molecule has 0 saturated heterocycles. The van der Waals surface area contributed by atoms with E-state index in [4.69, 9.17) is 9.47 Å². The molecule has 1 amide bonds. The van der Waals surface area contributed by atoms with Gasteiger partial charge in [-0.15, -0.1) is 0 Å². The molecule has 0 spiro atoms. The minimum absolute atomic E-state index is 0. The molecule has 1 unspecified atom stereocenters. The van der Waals surface area contributed by atoms with Crippen LogP contribution in [0.2, 0.25) is 0 Å². The number of hydrogen-bond donors (Lipinski definition) is 1. The smallest absolute Gasteiger partial charge is 0.550 e. The van der Waals surface area contributed by atoms with Crippen LogP contribution in [0.15, 0.2) is 0 Å². The summed E-state index contributed by atoms with van der Waals surface area (Å²) in [6, 6.07) is 0. The molecule has 0 aromatic carbocycles. The fourth-order valence-corrected chi connectivity index (χ4v) is 2.35. The second kappa shape index (κ2) is 10.9. The second-order valence-corrected chi connectivity index (χ2v) is 5.98. The van der Waals surface area contributed by atoms with Gasteiger partial charge in [-0.05, 0) is 37.5 Å². The van der Waals surface area contributed by atoms with Gasteiger partial charge >= 0.3 is 41.6 Å². The second-order valence-electron chi connectivity index (χ2n) is 5.98. The van der Waals surface area contributed by atoms with E-state index in [9.17, 15) is 19.5 Å². The number of aliphatic carboxylic acids is 1. The Hall–Kier alpha value is -0.790. The van der Waals surface area contributed by atoms with Gasteiger partial charge in [0.05, 0.1) is 5.92 Å². The summed E-state index contributed by atoms with van der Waals surface area (Å²) in [5.74, 6) is -1.85. The van der Waals surface area contributed by atoms with E-state index in [0.29, 0.717) is 19.4 Å². The van der Waals surface area contributed by atoms with Gasteiger partial charge in [0.2, 0.25) is 6.29 Å². The van der Waals surface area contributed by atoms with Gasteiger partial charge in [-0.25, -0.2) is 4.79 Å². The number of carboxylic acids is 1. The first-order valence-electron chi connectivity index (χ1n) is 7.65. The molecule has 0 heterocycles. The molecule has 7 nitrogen and oxygen atoms in total. The molecule has 1 atom stereocenters. The van der Waals surface area contributed by atoms with Crippen molar-refractivity contribution in [2.75, 3.05) is 6.54 Å². The van der Waals surface area contributed by atoms with E-state index in [0.717, 1.165) is 12.8 Å². The van der Waals surface area contributed by atoms with Crippen LogP contribution >= 0.6 is 0 Å². The van der Waals surface area contributed by atoms with Crippen LogP contribution < -0.4 is 40.0 Å². The van der Waals surface area contributed by atoms with Crippen molar-refractivity contribution in [1.82, 2.24) is 5.32 Å². The molecule has 0 bridgehead atoms. The van der Waals surface area contributed by atoms with Crippen LogP contribution in [0.3, 0.4) is 0 Å². The zero-order valence-electron chi connectivity index (χ0n) is 14.3. The molecule has 1 fully saturated rings. The van der Waals surface area contributed by atoms with Crippen molar-refractivity contribution in [3.05, 3.63) is 0 Å². The molecule has 1 aliphatic carbocycles. The zero-order chi connectivity index (χ0) is 16.7. The molecular weight excluding hydrogens is 313 g/mol. The molecule has 0 aliphatic heterocycles. The number of alkyl carbamates (subject to hydrolysis) is 1. The summed E-state index contributed by atoms with van der Waals surface area (Å²) in [6.45, 7) is 5.28. The van der Waals surface area contributed by atoms with E-state index >= 15 is 0 Å². The number of ether oxygens (including phenoxy) is 2. The van der Waals surface area contributed by atoms with Crippen molar-refractivity contribution < 1.29 is 58.5 Å². The molecule has 0 aromatic rings. The maximum Gasteiger partial charge on any atom is 1.00 e. The van der Waals surface area contributed by atoms with Gasteiger partial charge in [0.15, 0.2) is 0 Å². The van der Waals surface area contributed by atoms with Crippen molar-refractivity contribution in [3.63, 3.8) is 0 Å². The Kier molecular flexibility index (Phi) is 10.5. The summed E-state index contributed by atoms with van der Waals surface area (Å²) < 4.78 is 9.84. The SMILES string of the molecule is CC(OC(=O)NCC1CCC(C(=O)[O-])CC1)OC(=O)C(C)C.[Na+]. The number of amides is 1. The maximum atomic E-state index is 11.6. The summed E-state index contributed by atoms with van der Waals surface area (Å²) in [5.41, 5.74) is 0. The van der Waals surface area contributed by atoms with Crippen molar-refractivity contribution in [3.8, 4) is 0 Å². The van der Waals surface area contributed by atoms with Crippen LogP contribution in [0.1, 0.15) is 46.5 Å². The Balaban J connectivity index is 0.00000484. The fraction of sp³-hybridized carbons (Fsp3) is 0.800. The van der Waals surface area contributed by atoms with Crippen LogP contribution in [0.25, 0.3) is 0 Å². The Bertz CT molecular complexity index is 407. The van der Waals surface area contributed by atoms with Crippen LogP contribution in [-0.2, 0) is 19.1 Å². The predicted octanol–water partition coefficient (Wildman–Crippen LogP) is -2.18. The van der Waals surface area contributed by atoms with Gasteiger partial charge in [0.25, 0.3) is 0 Å². The summed E-state index contributed by atoms with van der Waals surface area (Å²) in [6.07, 6.45) is 1.03. The molecule has 8 heteroatoms. The van der Waals surface area contributed by atoms with E-state index in [-0.39, 0.29) is 47.3 Å². The van der Waals surface area contributed by atoms with Crippen molar-refractivity contribution in [1.29, 1.82) is 0 Å². The van der Waals surface area contributed by atoms with E-state index in [1.165, 1.54) is 6.92 Å². The van der Waals surface area contributed by atoms with Crippen LogP contribution in [0.4, 0.5) is 4.79 Å². The third kappa shape index (κ3) is 8.58. The molecule has 0 aromatic heterocycles. The number of rotatable bonds is 6. The average molecular weight is 337 g/mol. The van der Waals surface area contributed by atoms with E-state index < -0.39 is 24.3 Å². The van der Waals surface area contributed by atoms with Crippen molar-refractivity contribution in [2.24, 2.45) is 17.8 Å². The molecular formula is C15H24NNaO6. The number of nitrogens with one attached hydrogen (secondary N) is 1. The largest absolute Gasteiger partial charge is 1.00 e. The monoisotopic (exact) mass is 337 g/mol. The molecule has 1 aliphatic rings. The van der Waals surface area contributed by atoms with Gasteiger partial charge in [-0.1, -0.05) is 13.8 Å². The van der Waals surface area contributed by atoms with Gasteiger partial charge in [0.1, 0.15) is 0 Å². The van der Waals surface area contributed by atoms with Gasteiger partial charge in [-0.2, -0.15) is 0 Å².